The van der Waals surface area contributed by atoms with Crippen molar-refractivity contribution in [1.82, 2.24) is 19.8 Å². The molecule has 6 aromatic rings. The summed E-state index contributed by atoms with van der Waals surface area (Å²) in [5.41, 5.74) is 7.23. The molecule has 224 valence electrons. The van der Waals surface area contributed by atoms with Gasteiger partial charge in [-0.1, -0.05) is 79.2 Å². The molecule has 0 aliphatic carbocycles. The molecular formula is C37H32ClN5O2. The molecule has 0 saturated carbocycles. The first kappa shape index (κ1) is 28.7. The molecule has 7 nitrogen and oxygen atoms in total. The van der Waals surface area contributed by atoms with Crippen molar-refractivity contribution < 1.29 is 4.79 Å². The van der Waals surface area contributed by atoms with Gasteiger partial charge < -0.3 is 4.98 Å². The first-order valence-electron chi connectivity index (χ1n) is 15.3. The maximum Gasteiger partial charge on any atom is 0.258 e. The summed E-state index contributed by atoms with van der Waals surface area (Å²) in [6.45, 7) is 4.88. The number of amides is 1. The Morgan fingerprint density at radius 1 is 0.911 bits per heavy atom. The molecule has 0 spiro atoms. The van der Waals surface area contributed by atoms with E-state index in [1.807, 2.05) is 60.1 Å². The molecule has 8 heteroatoms. The molecule has 1 amide bonds. The van der Waals surface area contributed by atoms with Gasteiger partial charge in [-0.25, -0.2) is 5.01 Å². The summed E-state index contributed by atoms with van der Waals surface area (Å²) in [4.78, 5) is 30.3. The number of hydrogen-bond donors (Lipinski definition) is 1. The van der Waals surface area contributed by atoms with E-state index in [0.717, 1.165) is 50.7 Å². The Balaban J connectivity index is 1.30. The third-order valence-corrected chi connectivity index (χ3v) is 8.70. The fourth-order valence-electron chi connectivity index (χ4n) is 6.24. The molecule has 0 bridgehead atoms. The van der Waals surface area contributed by atoms with Crippen LogP contribution in [0.5, 0.6) is 0 Å². The normalized spacial score (nSPS) is 14.8. The second kappa shape index (κ2) is 11.8. The molecule has 2 aromatic heterocycles. The third-order valence-electron chi connectivity index (χ3n) is 8.46. The number of rotatable bonds is 7. The van der Waals surface area contributed by atoms with Crippen LogP contribution in [0.1, 0.15) is 50.3 Å². The van der Waals surface area contributed by atoms with Gasteiger partial charge in [-0.05, 0) is 65.9 Å². The number of hydrogen-bond acceptors (Lipinski definition) is 4. The van der Waals surface area contributed by atoms with Crippen molar-refractivity contribution in [3.05, 3.63) is 124 Å². The van der Waals surface area contributed by atoms with Crippen LogP contribution in [-0.2, 0) is 11.3 Å². The number of hydrazone groups is 1. The monoisotopic (exact) mass is 613 g/mol. The molecule has 45 heavy (non-hydrogen) atoms. The number of pyridine rings is 1. The molecule has 0 fully saturated rings. The van der Waals surface area contributed by atoms with Crippen LogP contribution in [-0.4, -0.2) is 31.4 Å². The highest BCUT2D eigenvalue weighted by atomic mass is 35.5. The van der Waals surface area contributed by atoms with E-state index in [2.05, 4.69) is 59.6 Å². The van der Waals surface area contributed by atoms with E-state index in [9.17, 15) is 9.59 Å². The van der Waals surface area contributed by atoms with E-state index in [1.54, 1.807) is 11.1 Å². The zero-order valence-corrected chi connectivity index (χ0v) is 25.9. The van der Waals surface area contributed by atoms with Crippen molar-refractivity contribution in [2.75, 3.05) is 0 Å². The number of fused-ring (bicyclic) bond motifs is 2. The maximum absolute atomic E-state index is 13.8. The SMILES string of the molecule is CCCC(=O)N1N=C(c2c(-c3ccccc3)c3cc(Cl)ccc3[nH]c2=O)CC1c1ccc(-c2ccc3nn(CC)cc3c2)cc1. The van der Waals surface area contributed by atoms with Crippen molar-refractivity contribution in [2.24, 2.45) is 5.10 Å². The lowest BCUT2D eigenvalue weighted by atomic mass is 9.90. The Kier molecular flexibility index (Phi) is 7.55. The minimum Gasteiger partial charge on any atom is -0.321 e. The number of aryl methyl sites for hydroxylation is 1. The Hall–Kier alpha value is -5.01. The van der Waals surface area contributed by atoms with Gasteiger partial charge in [0.2, 0.25) is 5.91 Å². The second-order valence-electron chi connectivity index (χ2n) is 11.4. The number of nitrogens with one attached hydrogen (secondary N) is 1. The number of halogens is 1. The predicted molar refractivity (Wildman–Crippen MR) is 182 cm³/mol. The number of aromatic nitrogens is 3. The van der Waals surface area contributed by atoms with E-state index in [0.29, 0.717) is 41.1 Å². The van der Waals surface area contributed by atoms with Crippen molar-refractivity contribution in [2.45, 2.75) is 45.7 Å². The van der Waals surface area contributed by atoms with Crippen molar-refractivity contribution in [3.8, 4) is 22.3 Å². The predicted octanol–water partition coefficient (Wildman–Crippen LogP) is 8.36. The molecule has 3 heterocycles. The Labute approximate surface area is 265 Å². The summed E-state index contributed by atoms with van der Waals surface area (Å²) < 4.78 is 1.94. The highest BCUT2D eigenvalue weighted by Gasteiger charge is 2.35. The van der Waals surface area contributed by atoms with Gasteiger partial charge in [0, 0.05) is 52.5 Å². The van der Waals surface area contributed by atoms with Crippen LogP contribution in [0.25, 0.3) is 44.1 Å². The van der Waals surface area contributed by atoms with Crippen molar-refractivity contribution >= 4 is 45.0 Å². The van der Waals surface area contributed by atoms with Crippen LogP contribution in [0.15, 0.2) is 107 Å². The molecular weight excluding hydrogens is 582 g/mol. The van der Waals surface area contributed by atoms with Gasteiger partial charge in [0.05, 0.1) is 22.8 Å². The maximum atomic E-state index is 13.8. The average molecular weight is 614 g/mol. The van der Waals surface area contributed by atoms with E-state index >= 15 is 0 Å². The highest BCUT2D eigenvalue weighted by molar-refractivity contribution is 6.31. The molecule has 1 aliphatic heterocycles. The number of aromatic amines is 1. The number of H-pyrrole nitrogens is 1. The average Bonchev–Trinajstić information content (AvgIpc) is 3.69. The molecule has 1 unspecified atom stereocenters. The van der Waals surface area contributed by atoms with Crippen LogP contribution in [0.2, 0.25) is 5.02 Å². The third kappa shape index (κ3) is 5.34. The lowest BCUT2D eigenvalue weighted by Crippen LogP contribution is -2.26. The van der Waals surface area contributed by atoms with Gasteiger partial charge in [0.1, 0.15) is 0 Å². The summed E-state index contributed by atoms with van der Waals surface area (Å²) in [5.74, 6) is -0.0681. The fraction of sp³-hybridized carbons (Fsp3) is 0.189. The van der Waals surface area contributed by atoms with Gasteiger partial charge in [0.15, 0.2) is 0 Å². The van der Waals surface area contributed by atoms with Crippen LogP contribution >= 0.6 is 11.6 Å². The Bertz CT molecular complexity index is 2150. The quantitative estimate of drug-likeness (QED) is 0.196. The molecule has 4 aromatic carbocycles. The standard InChI is InChI=1S/C37H32ClN5O2/c1-3-8-34(44)43-33(24-13-11-23(12-14-24)26-15-17-30-27(19-26)22-42(4-2)40-30)21-32(41-43)36-35(25-9-6-5-7-10-25)29-20-28(38)16-18-31(29)39-37(36)45/h5-7,9-20,22,33H,3-4,8,21H2,1-2H3,(H,39,45). The van der Waals surface area contributed by atoms with E-state index < -0.39 is 0 Å². The first-order chi connectivity index (χ1) is 21.9. The zero-order valence-electron chi connectivity index (χ0n) is 25.1. The number of carbonyl (C=O) groups is 1. The van der Waals surface area contributed by atoms with Crippen LogP contribution in [0.3, 0.4) is 0 Å². The van der Waals surface area contributed by atoms with E-state index in [1.165, 1.54) is 0 Å². The Morgan fingerprint density at radius 2 is 1.69 bits per heavy atom. The van der Waals surface area contributed by atoms with Crippen LogP contribution in [0, 0.1) is 0 Å². The summed E-state index contributed by atoms with van der Waals surface area (Å²) in [5, 5.41) is 13.5. The largest absolute Gasteiger partial charge is 0.321 e. The highest BCUT2D eigenvalue weighted by Crippen LogP contribution is 2.38. The second-order valence-corrected chi connectivity index (χ2v) is 11.8. The molecule has 1 aliphatic rings. The molecule has 1 N–H and O–H groups in total. The molecule has 0 radical (unpaired) electrons. The van der Waals surface area contributed by atoms with Gasteiger partial charge in [-0.15, -0.1) is 0 Å². The molecule has 1 atom stereocenters. The summed E-state index contributed by atoms with van der Waals surface area (Å²) in [7, 11) is 0. The van der Waals surface area contributed by atoms with E-state index in [-0.39, 0.29) is 17.5 Å². The zero-order chi connectivity index (χ0) is 31.1. The van der Waals surface area contributed by atoms with Crippen LogP contribution < -0.4 is 5.56 Å². The molecule has 7 rings (SSSR count). The number of carbonyl (C=O) groups excluding carboxylic acids is 1. The van der Waals surface area contributed by atoms with Gasteiger partial charge in [-0.3, -0.25) is 14.3 Å². The topological polar surface area (TPSA) is 83.3 Å². The van der Waals surface area contributed by atoms with Crippen molar-refractivity contribution in [1.29, 1.82) is 0 Å². The summed E-state index contributed by atoms with van der Waals surface area (Å²) >= 11 is 6.45. The van der Waals surface area contributed by atoms with Gasteiger partial charge >= 0.3 is 0 Å². The molecule has 0 saturated heterocycles. The van der Waals surface area contributed by atoms with E-state index in [4.69, 9.17) is 16.7 Å². The lowest BCUT2D eigenvalue weighted by Gasteiger charge is -2.22. The minimum absolute atomic E-state index is 0.0681. The number of nitrogens with zero attached hydrogens (tertiary/aromatic N) is 4. The smallest absolute Gasteiger partial charge is 0.258 e. The van der Waals surface area contributed by atoms with Crippen LogP contribution in [0.4, 0.5) is 0 Å². The fourth-order valence-corrected chi connectivity index (χ4v) is 6.41. The van der Waals surface area contributed by atoms with Gasteiger partial charge in [0.25, 0.3) is 5.56 Å². The van der Waals surface area contributed by atoms with Crippen molar-refractivity contribution in [3.63, 3.8) is 0 Å². The minimum atomic E-state index is -0.337. The summed E-state index contributed by atoms with van der Waals surface area (Å²) in [6, 6.07) is 29.5. The first-order valence-corrected chi connectivity index (χ1v) is 15.7. The lowest BCUT2D eigenvalue weighted by molar-refractivity contribution is -0.133. The summed E-state index contributed by atoms with van der Waals surface area (Å²) in [6.07, 6.45) is 3.54. The van der Waals surface area contributed by atoms with Gasteiger partial charge in [-0.2, -0.15) is 10.2 Å². The number of benzene rings is 4. The Morgan fingerprint density at radius 3 is 2.44 bits per heavy atom.